The summed E-state index contributed by atoms with van der Waals surface area (Å²) in [6.07, 6.45) is -1.07. The largest absolute Gasteiger partial charge is 0.496 e. The second-order valence-electron chi connectivity index (χ2n) is 5.90. The van der Waals surface area contributed by atoms with E-state index in [9.17, 15) is 14.4 Å². The van der Waals surface area contributed by atoms with Gasteiger partial charge in [-0.25, -0.2) is 0 Å². The number of amides is 2. The van der Waals surface area contributed by atoms with Crippen molar-refractivity contribution in [1.29, 1.82) is 0 Å². The second kappa shape index (κ2) is 9.38. The Balaban J connectivity index is 2.03. The highest BCUT2D eigenvalue weighted by atomic mass is 16.5. The van der Waals surface area contributed by atoms with Crippen molar-refractivity contribution in [3.05, 3.63) is 65.7 Å². The number of hydrogen-bond donors (Lipinski definition) is 1. The van der Waals surface area contributed by atoms with Crippen LogP contribution in [0, 0.1) is 0 Å². The summed E-state index contributed by atoms with van der Waals surface area (Å²) in [5.41, 5.74) is 0.859. The van der Waals surface area contributed by atoms with Crippen molar-refractivity contribution < 1.29 is 23.9 Å². The summed E-state index contributed by atoms with van der Waals surface area (Å²) in [5.74, 6) is -1.17. The van der Waals surface area contributed by atoms with E-state index >= 15 is 0 Å². The minimum atomic E-state index is -1.07. The van der Waals surface area contributed by atoms with Crippen LogP contribution in [0.4, 0.5) is 0 Å². The van der Waals surface area contributed by atoms with Crippen LogP contribution in [0.1, 0.15) is 22.0 Å². The lowest BCUT2D eigenvalue weighted by Crippen LogP contribution is -2.35. The first kappa shape index (κ1) is 20.0. The molecule has 0 bridgehead atoms. The number of nitrogens with one attached hydrogen (secondary N) is 1. The molecule has 1 atom stereocenters. The van der Waals surface area contributed by atoms with Crippen molar-refractivity contribution in [2.45, 2.75) is 6.10 Å². The van der Waals surface area contributed by atoms with Gasteiger partial charge >= 0.3 is 5.97 Å². The molecule has 0 aromatic heterocycles. The fourth-order valence-electron chi connectivity index (χ4n) is 2.38. The molecule has 2 aromatic carbocycles. The van der Waals surface area contributed by atoms with E-state index in [4.69, 9.17) is 9.47 Å². The van der Waals surface area contributed by atoms with E-state index in [2.05, 4.69) is 5.32 Å². The zero-order valence-corrected chi connectivity index (χ0v) is 15.5. The molecule has 27 heavy (non-hydrogen) atoms. The summed E-state index contributed by atoms with van der Waals surface area (Å²) in [5, 5.41) is 2.48. The maximum Gasteiger partial charge on any atom is 0.326 e. The first-order valence-electron chi connectivity index (χ1n) is 8.31. The summed E-state index contributed by atoms with van der Waals surface area (Å²) < 4.78 is 10.5. The van der Waals surface area contributed by atoms with Gasteiger partial charge in [0, 0.05) is 19.7 Å². The monoisotopic (exact) mass is 370 g/mol. The first-order valence-corrected chi connectivity index (χ1v) is 8.31. The van der Waals surface area contributed by atoms with Gasteiger partial charge in [0.05, 0.1) is 12.7 Å². The van der Waals surface area contributed by atoms with Crippen LogP contribution in [0.15, 0.2) is 54.6 Å². The molecule has 7 heteroatoms. The fraction of sp³-hybridized carbons (Fsp3) is 0.250. The molecule has 0 fully saturated rings. The van der Waals surface area contributed by atoms with E-state index < -0.39 is 18.0 Å². The van der Waals surface area contributed by atoms with Crippen LogP contribution in [-0.4, -0.2) is 50.4 Å². The van der Waals surface area contributed by atoms with Crippen LogP contribution < -0.4 is 10.1 Å². The van der Waals surface area contributed by atoms with Gasteiger partial charge in [-0.3, -0.25) is 14.4 Å². The molecule has 2 amide bonds. The molecule has 0 saturated heterocycles. The predicted molar refractivity (Wildman–Crippen MR) is 99.3 cm³/mol. The average molecular weight is 370 g/mol. The number of esters is 1. The Morgan fingerprint density at radius 3 is 2.26 bits per heavy atom. The number of ether oxygens (including phenoxy) is 2. The van der Waals surface area contributed by atoms with Crippen LogP contribution >= 0.6 is 0 Å². The van der Waals surface area contributed by atoms with Gasteiger partial charge in [-0.05, 0) is 12.1 Å². The van der Waals surface area contributed by atoms with Crippen molar-refractivity contribution in [3.63, 3.8) is 0 Å². The van der Waals surface area contributed by atoms with Gasteiger partial charge in [-0.15, -0.1) is 0 Å². The van der Waals surface area contributed by atoms with Crippen molar-refractivity contribution in [2.75, 3.05) is 27.7 Å². The van der Waals surface area contributed by atoms with Gasteiger partial charge in [-0.2, -0.15) is 0 Å². The molecule has 142 valence electrons. The topological polar surface area (TPSA) is 84.9 Å². The molecule has 2 rings (SSSR count). The van der Waals surface area contributed by atoms with Crippen molar-refractivity contribution >= 4 is 17.8 Å². The van der Waals surface area contributed by atoms with E-state index in [1.54, 1.807) is 68.7 Å². The van der Waals surface area contributed by atoms with Crippen LogP contribution in [0.5, 0.6) is 5.75 Å². The van der Waals surface area contributed by atoms with Gasteiger partial charge in [0.25, 0.3) is 11.8 Å². The molecule has 0 heterocycles. The predicted octanol–water partition coefficient (Wildman–Crippen LogP) is 1.80. The summed E-state index contributed by atoms with van der Waals surface area (Å²) in [4.78, 5) is 38.2. The number of rotatable bonds is 7. The zero-order valence-electron chi connectivity index (χ0n) is 15.5. The van der Waals surface area contributed by atoms with E-state index in [-0.39, 0.29) is 12.5 Å². The third-order valence-corrected chi connectivity index (χ3v) is 3.76. The molecule has 1 N–H and O–H groups in total. The number of hydrogen-bond acceptors (Lipinski definition) is 5. The van der Waals surface area contributed by atoms with E-state index in [1.807, 2.05) is 0 Å². The normalized spacial score (nSPS) is 11.2. The van der Waals surface area contributed by atoms with Crippen LogP contribution in [0.2, 0.25) is 0 Å². The van der Waals surface area contributed by atoms with Crippen LogP contribution in [0.25, 0.3) is 0 Å². The van der Waals surface area contributed by atoms with Crippen molar-refractivity contribution in [3.8, 4) is 5.75 Å². The Hall–Kier alpha value is -3.35. The van der Waals surface area contributed by atoms with Gasteiger partial charge < -0.3 is 19.7 Å². The number of carbonyl (C=O) groups excluding carboxylic acids is 3. The molecule has 0 radical (unpaired) electrons. The molecule has 7 nitrogen and oxygen atoms in total. The molecule has 2 aromatic rings. The minimum absolute atomic E-state index is 0.303. The highest BCUT2D eigenvalue weighted by molar-refractivity contribution is 5.98. The molecular formula is C20H22N2O5. The Kier molecular flexibility index (Phi) is 6.93. The third-order valence-electron chi connectivity index (χ3n) is 3.76. The summed E-state index contributed by atoms with van der Waals surface area (Å²) >= 11 is 0. The molecule has 0 aliphatic heterocycles. The second-order valence-corrected chi connectivity index (χ2v) is 5.90. The fourth-order valence-corrected chi connectivity index (χ4v) is 2.38. The lowest BCUT2D eigenvalue weighted by atomic mass is 10.1. The lowest BCUT2D eigenvalue weighted by Gasteiger charge is -2.21. The zero-order chi connectivity index (χ0) is 19.8. The van der Waals surface area contributed by atoms with Gasteiger partial charge in [0.15, 0.2) is 0 Å². The smallest absolute Gasteiger partial charge is 0.326 e. The number of methoxy groups -OCH3 is 1. The Morgan fingerprint density at radius 1 is 1.00 bits per heavy atom. The van der Waals surface area contributed by atoms with Crippen molar-refractivity contribution in [1.82, 2.24) is 10.2 Å². The maximum atomic E-state index is 12.4. The summed E-state index contributed by atoms with van der Waals surface area (Å²) in [7, 11) is 4.61. The van der Waals surface area contributed by atoms with Gasteiger partial charge in [0.2, 0.25) is 6.10 Å². The Bertz CT molecular complexity index is 805. The van der Waals surface area contributed by atoms with E-state index in [1.165, 1.54) is 12.0 Å². The number of carbonyl (C=O) groups is 3. The summed E-state index contributed by atoms with van der Waals surface area (Å²) in [6, 6.07) is 15.4. The van der Waals surface area contributed by atoms with Crippen LogP contribution in [0.3, 0.4) is 0 Å². The molecular weight excluding hydrogens is 348 g/mol. The molecule has 0 unspecified atom stereocenters. The number of nitrogens with zero attached hydrogens (tertiary/aromatic N) is 1. The number of likely N-dealkylation sites (N-methyl/N-ethyl adjacent to an activating group) is 1. The first-order chi connectivity index (χ1) is 12.9. The number of para-hydroxylation sites is 1. The number of benzene rings is 2. The van der Waals surface area contributed by atoms with Gasteiger partial charge in [0.1, 0.15) is 12.3 Å². The Labute approximate surface area is 157 Å². The maximum absolute atomic E-state index is 12.4. The minimum Gasteiger partial charge on any atom is -0.496 e. The molecule has 0 aliphatic rings. The average Bonchev–Trinajstić information content (AvgIpc) is 2.70. The van der Waals surface area contributed by atoms with E-state index in [0.717, 1.165) is 0 Å². The molecule has 0 spiro atoms. The van der Waals surface area contributed by atoms with E-state index in [0.29, 0.717) is 16.9 Å². The Morgan fingerprint density at radius 2 is 1.63 bits per heavy atom. The van der Waals surface area contributed by atoms with Crippen LogP contribution in [-0.2, 0) is 14.3 Å². The highest BCUT2D eigenvalue weighted by Gasteiger charge is 2.26. The quantitative estimate of drug-likeness (QED) is 0.751. The standard InChI is InChI=1S/C20H22N2O5/c1-22(2)20(25)18(14-9-5-4-6-10-14)27-17(23)13-21-19(24)15-11-7-8-12-16(15)26-3/h4-12,18H,13H2,1-3H3,(H,21,24)/t18-/m1/s1. The van der Waals surface area contributed by atoms with Crippen molar-refractivity contribution in [2.24, 2.45) is 0 Å². The SMILES string of the molecule is COc1ccccc1C(=O)NCC(=O)O[C@@H](C(=O)N(C)C)c1ccccc1. The lowest BCUT2D eigenvalue weighted by molar-refractivity contribution is -0.158. The highest BCUT2D eigenvalue weighted by Crippen LogP contribution is 2.20. The molecule has 0 aliphatic carbocycles. The summed E-state index contributed by atoms with van der Waals surface area (Å²) in [6.45, 7) is -0.374. The molecule has 0 saturated carbocycles. The van der Waals surface area contributed by atoms with Gasteiger partial charge in [-0.1, -0.05) is 42.5 Å². The third kappa shape index (κ3) is 5.31.